The molecule has 0 spiro atoms. The number of nitrogens with zero attached hydrogens (tertiary/aromatic N) is 3. The van der Waals surface area contributed by atoms with Crippen LogP contribution in [0.1, 0.15) is 25.5 Å². The van der Waals surface area contributed by atoms with E-state index < -0.39 is 0 Å². The van der Waals surface area contributed by atoms with Gasteiger partial charge in [-0.05, 0) is 18.4 Å². The van der Waals surface area contributed by atoms with Gasteiger partial charge < -0.3 is 5.73 Å². The summed E-state index contributed by atoms with van der Waals surface area (Å²) in [5.41, 5.74) is 7.26. The topological polar surface area (TPSA) is 47.1 Å². The minimum Gasteiger partial charge on any atom is -0.327 e. The lowest BCUT2D eigenvalue weighted by molar-refractivity contribution is 0.144. The lowest BCUT2D eigenvalue weighted by Gasteiger charge is -2.36. The normalized spacial score (nSPS) is 27.2. The van der Waals surface area contributed by atoms with Gasteiger partial charge in [0.25, 0.3) is 0 Å². The van der Waals surface area contributed by atoms with Crippen LogP contribution in [0.3, 0.4) is 0 Å². The van der Waals surface area contributed by atoms with Gasteiger partial charge in [0.1, 0.15) is 0 Å². The highest BCUT2D eigenvalue weighted by molar-refractivity contribution is 4.99. The van der Waals surface area contributed by atoms with E-state index in [2.05, 4.69) is 23.0 Å². The fourth-order valence-corrected chi connectivity index (χ4v) is 2.48. The van der Waals surface area contributed by atoms with Crippen LogP contribution in [0.5, 0.6) is 0 Å². The molecule has 2 atom stereocenters. The summed E-state index contributed by atoms with van der Waals surface area (Å²) in [5.74, 6) is 0.650. The molecule has 2 N–H and O–H groups in total. The van der Waals surface area contributed by atoms with Gasteiger partial charge in [-0.25, -0.2) is 0 Å². The van der Waals surface area contributed by atoms with Gasteiger partial charge in [-0.1, -0.05) is 13.3 Å². The van der Waals surface area contributed by atoms with Crippen molar-refractivity contribution in [1.29, 1.82) is 0 Å². The van der Waals surface area contributed by atoms with Crippen LogP contribution in [-0.4, -0.2) is 33.8 Å². The first-order chi connectivity index (χ1) is 7.69. The first-order valence-electron chi connectivity index (χ1n) is 6.15. The molecular weight excluding hydrogens is 200 g/mol. The maximum absolute atomic E-state index is 6.10. The number of piperidine rings is 1. The molecule has 2 unspecified atom stereocenters. The molecule has 0 radical (unpaired) electrons. The Kier molecular flexibility index (Phi) is 3.61. The number of aryl methyl sites for hydroxylation is 1. The molecule has 1 aliphatic heterocycles. The van der Waals surface area contributed by atoms with Crippen molar-refractivity contribution in [3.05, 3.63) is 18.0 Å². The van der Waals surface area contributed by atoms with Crippen molar-refractivity contribution >= 4 is 0 Å². The third-order valence-electron chi connectivity index (χ3n) is 3.56. The van der Waals surface area contributed by atoms with Gasteiger partial charge in [-0.2, -0.15) is 5.10 Å². The second-order valence-electron chi connectivity index (χ2n) is 4.84. The van der Waals surface area contributed by atoms with E-state index in [0.717, 1.165) is 31.7 Å². The Morgan fingerprint density at radius 1 is 1.56 bits per heavy atom. The van der Waals surface area contributed by atoms with Crippen molar-refractivity contribution in [3.8, 4) is 0 Å². The molecular formula is C12H22N4. The summed E-state index contributed by atoms with van der Waals surface area (Å²) >= 11 is 0. The average Bonchev–Trinajstić information content (AvgIpc) is 2.67. The number of rotatable bonds is 3. The van der Waals surface area contributed by atoms with Crippen molar-refractivity contribution < 1.29 is 0 Å². The second-order valence-corrected chi connectivity index (χ2v) is 4.84. The van der Waals surface area contributed by atoms with Crippen LogP contribution in [0.25, 0.3) is 0 Å². The molecule has 0 aromatic carbocycles. The maximum Gasteiger partial charge on any atom is 0.0764 e. The molecule has 1 fully saturated rings. The molecule has 4 nitrogen and oxygen atoms in total. The van der Waals surface area contributed by atoms with E-state index in [1.165, 1.54) is 6.42 Å². The number of hydrogen-bond donors (Lipinski definition) is 1. The largest absolute Gasteiger partial charge is 0.327 e. The minimum absolute atomic E-state index is 0.394. The predicted molar refractivity (Wildman–Crippen MR) is 64.9 cm³/mol. The molecule has 4 heteroatoms. The van der Waals surface area contributed by atoms with E-state index >= 15 is 0 Å². The van der Waals surface area contributed by atoms with Gasteiger partial charge >= 0.3 is 0 Å². The van der Waals surface area contributed by atoms with Gasteiger partial charge in [-0.15, -0.1) is 0 Å². The third kappa shape index (κ3) is 2.62. The Morgan fingerprint density at radius 2 is 2.38 bits per heavy atom. The molecule has 1 aliphatic rings. The highest BCUT2D eigenvalue weighted by Crippen LogP contribution is 2.19. The van der Waals surface area contributed by atoms with Crippen molar-refractivity contribution in [3.63, 3.8) is 0 Å². The van der Waals surface area contributed by atoms with Crippen LogP contribution < -0.4 is 5.73 Å². The lowest BCUT2D eigenvalue weighted by atomic mass is 9.91. The molecule has 2 rings (SSSR count). The van der Waals surface area contributed by atoms with E-state index in [-0.39, 0.29) is 0 Å². The number of aromatic nitrogens is 2. The quantitative estimate of drug-likeness (QED) is 0.829. The van der Waals surface area contributed by atoms with Crippen LogP contribution in [-0.2, 0) is 13.6 Å². The zero-order chi connectivity index (χ0) is 11.5. The number of likely N-dealkylation sites (tertiary alicyclic amines) is 1. The van der Waals surface area contributed by atoms with Gasteiger partial charge in [0.05, 0.1) is 5.69 Å². The standard InChI is InChI=1S/C12H22N4/c1-3-10-8-16(7-5-12(10)13)9-11-4-6-15(2)14-11/h4,6,10,12H,3,5,7-9,13H2,1-2H3. The molecule has 16 heavy (non-hydrogen) atoms. The van der Waals surface area contributed by atoms with Crippen molar-refractivity contribution in [2.24, 2.45) is 18.7 Å². The van der Waals surface area contributed by atoms with Crippen LogP contribution in [0, 0.1) is 5.92 Å². The summed E-state index contributed by atoms with van der Waals surface area (Å²) in [6, 6.07) is 2.49. The summed E-state index contributed by atoms with van der Waals surface area (Å²) in [6.45, 7) is 5.42. The molecule has 1 aromatic rings. The summed E-state index contributed by atoms with van der Waals surface area (Å²) < 4.78 is 1.86. The summed E-state index contributed by atoms with van der Waals surface area (Å²) in [5, 5.41) is 4.42. The van der Waals surface area contributed by atoms with Gasteiger partial charge in [0, 0.05) is 38.9 Å². The van der Waals surface area contributed by atoms with Crippen molar-refractivity contribution in [2.75, 3.05) is 13.1 Å². The fourth-order valence-electron chi connectivity index (χ4n) is 2.48. The highest BCUT2D eigenvalue weighted by atomic mass is 15.3. The van der Waals surface area contributed by atoms with Gasteiger partial charge in [0.15, 0.2) is 0 Å². The van der Waals surface area contributed by atoms with E-state index in [0.29, 0.717) is 12.0 Å². The summed E-state index contributed by atoms with van der Waals surface area (Å²) in [7, 11) is 1.96. The van der Waals surface area contributed by atoms with E-state index in [9.17, 15) is 0 Å². The molecule has 90 valence electrons. The predicted octanol–water partition coefficient (Wildman–Crippen LogP) is 0.979. The monoisotopic (exact) mass is 222 g/mol. The average molecular weight is 222 g/mol. The summed E-state index contributed by atoms with van der Waals surface area (Å²) in [4.78, 5) is 2.47. The third-order valence-corrected chi connectivity index (χ3v) is 3.56. The van der Waals surface area contributed by atoms with Crippen molar-refractivity contribution in [2.45, 2.75) is 32.4 Å². The Morgan fingerprint density at radius 3 is 3.00 bits per heavy atom. The maximum atomic E-state index is 6.10. The van der Waals surface area contributed by atoms with Crippen LogP contribution in [0.15, 0.2) is 12.3 Å². The number of nitrogens with two attached hydrogens (primary N) is 1. The first-order valence-corrected chi connectivity index (χ1v) is 6.15. The first kappa shape index (κ1) is 11.6. The zero-order valence-electron chi connectivity index (χ0n) is 10.3. The summed E-state index contributed by atoms with van der Waals surface area (Å²) in [6.07, 6.45) is 4.30. The Balaban J connectivity index is 1.91. The fraction of sp³-hybridized carbons (Fsp3) is 0.750. The van der Waals surface area contributed by atoms with E-state index in [1.54, 1.807) is 0 Å². The highest BCUT2D eigenvalue weighted by Gasteiger charge is 2.25. The smallest absolute Gasteiger partial charge is 0.0764 e. The Bertz CT molecular complexity index is 334. The SMILES string of the molecule is CCC1CN(Cc2ccn(C)n2)CCC1N. The Hall–Kier alpha value is -0.870. The minimum atomic E-state index is 0.394. The lowest BCUT2D eigenvalue weighted by Crippen LogP contribution is -2.46. The molecule has 1 aromatic heterocycles. The van der Waals surface area contributed by atoms with Crippen LogP contribution in [0.4, 0.5) is 0 Å². The van der Waals surface area contributed by atoms with Gasteiger partial charge in [-0.3, -0.25) is 9.58 Å². The second kappa shape index (κ2) is 4.97. The zero-order valence-corrected chi connectivity index (χ0v) is 10.3. The van der Waals surface area contributed by atoms with Gasteiger partial charge in [0.2, 0.25) is 0 Å². The van der Waals surface area contributed by atoms with E-state index in [4.69, 9.17) is 5.73 Å². The molecule has 0 bridgehead atoms. The van der Waals surface area contributed by atoms with E-state index in [1.807, 2.05) is 17.9 Å². The molecule has 0 amide bonds. The van der Waals surface area contributed by atoms with Crippen LogP contribution in [0.2, 0.25) is 0 Å². The Labute approximate surface area is 97.4 Å². The molecule has 0 aliphatic carbocycles. The molecule has 1 saturated heterocycles. The number of hydrogen-bond acceptors (Lipinski definition) is 3. The molecule has 2 heterocycles. The van der Waals surface area contributed by atoms with Crippen molar-refractivity contribution in [1.82, 2.24) is 14.7 Å². The van der Waals surface area contributed by atoms with Crippen LogP contribution >= 0.6 is 0 Å². The molecule has 0 saturated carbocycles.